The van der Waals surface area contributed by atoms with Crippen LogP contribution in [0.25, 0.3) is 0 Å². The summed E-state index contributed by atoms with van der Waals surface area (Å²) in [5.74, 6) is -0.0150. The van der Waals surface area contributed by atoms with E-state index >= 15 is 0 Å². The fourth-order valence-electron chi connectivity index (χ4n) is 2.40. The molecule has 2 amide bonds. The summed E-state index contributed by atoms with van der Waals surface area (Å²) in [4.78, 5) is 10.8. The van der Waals surface area contributed by atoms with Crippen LogP contribution in [0, 0.1) is 5.82 Å². The number of nitrogens with zero attached hydrogens (tertiary/aromatic N) is 1. The second kappa shape index (κ2) is 4.71. The van der Waals surface area contributed by atoms with Crippen molar-refractivity contribution in [1.82, 2.24) is 5.06 Å². The summed E-state index contributed by atoms with van der Waals surface area (Å²) in [5, 5.41) is 10.0. The molecule has 0 aliphatic heterocycles. The van der Waals surface area contributed by atoms with E-state index in [-0.39, 0.29) is 17.8 Å². The van der Waals surface area contributed by atoms with Crippen LogP contribution >= 0.6 is 0 Å². The number of benzene rings is 1. The smallest absolute Gasteiger partial charge is 0.338 e. The number of carbonyl (C=O) groups is 1. The molecular weight excluding hydrogens is 223 g/mol. The molecule has 0 bridgehead atoms. The van der Waals surface area contributed by atoms with Crippen molar-refractivity contribution < 1.29 is 14.4 Å². The third-order valence-corrected chi connectivity index (χ3v) is 3.32. The predicted octanol–water partition coefficient (Wildman–Crippen LogP) is 2.23. The first-order valence-electron chi connectivity index (χ1n) is 5.61. The Morgan fingerprint density at radius 2 is 2.00 bits per heavy atom. The van der Waals surface area contributed by atoms with Crippen molar-refractivity contribution in [2.75, 3.05) is 0 Å². The molecule has 4 nitrogen and oxygen atoms in total. The maximum Gasteiger partial charge on any atom is 0.338 e. The van der Waals surface area contributed by atoms with Gasteiger partial charge >= 0.3 is 6.03 Å². The summed E-state index contributed by atoms with van der Waals surface area (Å²) in [5.41, 5.74) is 6.04. The van der Waals surface area contributed by atoms with Crippen LogP contribution in [-0.4, -0.2) is 22.3 Å². The topological polar surface area (TPSA) is 66.6 Å². The predicted molar refractivity (Wildman–Crippen MR) is 60.0 cm³/mol. The van der Waals surface area contributed by atoms with Crippen LogP contribution in [0.15, 0.2) is 24.3 Å². The van der Waals surface area contributed by atoms with Gasteiger partial charge in [-0.3, -0.25) is 5.21 Å². The Hall–Kier alpha value is -1.62. The SMILES string of the molecule is NC(=O)N(O)[C@@H]1CC[C@@H](c2ccc(F)cc2)C1. The van der Waals surface area contributed by atoms with Gasteiger partial charge in [-0.25, -0.2) is 14.2 Å². The lowest BCUT2D eigenvalue weighted by molar-refractivity contribution is -0.0730. The van der Waals surface area contributed by atoms with Gasteiger partial charge < -0.3 is 5.73 Å². The second-order valence-electron chi connectivity index (χ2n) is 4.40. The van der Waals surface area contributed by atoms with E-state index < -0.39 is 6.03 Å². The molecule has 92 valence electrons. The molecule has 0 unspecified atom stereocenters. The minimum absolute atomic E-state index is 0.234. The van der Waals surface area contributed by atoms with Crippen molar-refractivity contribution in [3.8, 4) is 0 Å². The van der Waals surface area contributed by atoms with Crippen LogP contribution < -0.4 is 5.73 Å². The molecule has 1 aromatic carbocycles. The Kier molecular flexibility index (Phi) is 3.28. The first-order chi connectivity index (χ1) is 8.08. The van der Waals surface area contributed by atoms with Gasteiger partial charge in [0.1, 0.15) is 5.82 Å². The largest absolute Gasteiger partial charge is 0.350 e. The van der Waals surface area contributed by atoms with Gasteiger partial charge in [-0.05, 0) is 42.9 Å². The summed E-state index contributed by atoms with van der Waals surface area (Å²) >= 11 is 0. The molecule has 17 heavy (non-hydrogen) atoms. The van der Waals surface area contributed by atoms with E-state index in [2.05, 4.69) is 0 Å². The standard InChI is InChI=1S/C12H15FN2O2/c13-10-4-1-8(2-5-10)9-3-6-11(7-9)15(17)12(14)16/h1-2,4-5,9,11,17H,3,6-7H2,(H2,14,16)/t9-,11-/m1/s1. The molecule has 0 radical (unpaired) electrons. The van der Waals surface area contributed by atoms with Crippen LogP contribution in [0.2, 0.25) is 0 Å². The average Bonchev–Trinajstić information content (AvgIpc) is 2.78. The number of hydrogen-bond donors (Lipinski definition) is 2. The summed E-state index contributed by atoms with van der Waals surface area (Å²) < 4.78 is 12.8. The molecule has 1 aromatic rings. The van der Waals surface area contributed by atoms with Crippen molar-refractivity contribution in [2.24, 2.45) is 5.73 Å². The molecule has 1 fully saturated rings. The number of hydrogen-bond acceptors (Lipinski definition) is 2. The molecule has 0 spiro atoms. The highest BCUT2D eigenvalue weighted by Crippen LogP contribution is 2.36. The second-order valence-corrected chi connectivity index (χ2v) is 4.40. The molecule has 3 N–H and O–H groups in total. The van der Waals surface area contributed by atoms with Gasteiger partial charge in [-0.1, -0.05) is 12.1 Å². The van der Waals surface area contributed by atoms with Crippen LogP contribution in [0.4, 0.5) is 9.18 Å². The van der Waals surface area contributed by atoms with Crippen molar-refractivity contribution in [1.29, 1.82) is 0 Å². The van der Waals surface area contributed by atoms with Gasteiger partial charge in [0.05, 0.1) is 6.04 Å². The fraction of sp³-hybridized carbons (Fsp3) is 0.417. The normalized spacial score (nSPS) is 23.6. The first kappa shape index (κ1) is 11.9. The Morgan fingerprint density at radius 1 is 1.35 bits per heavy atom. The number of rotatable bonds is 2. The van der Waals surface area contributed by atoms with E-state index in [1.165, 1.54) is 12.1 Å². The maximum absolute atomic E-state index is 12.8. The van der Waals surface area contributed by atoms with Gasteiger partial charge in [0.15, 0.2) is 0 Å². The number of hydroxylamine groups is 2. The Labute approximate surface area is 98.8 Å². The average molecular weight is 238 g/mol. The van der Waals surface area contributed by atoms with Gasteiger partial charge in [-0.2, -0.15) is 0 Å². The lowest BCUT2D eigenvalue weighted by Gasteiger charge is -2.19. The molecule has 0 heterocycles. The summed E-state index contributed by atoms with van der Waals surface area (Å²) in [6.45, 7) is 0. The van der Waals surface area contributed by atoms with Crippen molar-refractivity contribution >= 4 is 6.03 Å². The van der Waals surface area contributed by atoms with Crippen LogP contribution in [-0.2, 0) is 0 Å². The highest BCUT2D eigenvalue weighted by Gasteiger charge is 2.31. The molecular formula is C12H15FN2O2. The highest BCUT2D eigenvalue weighted by molar-refractivity contribution is 5.70. The lowest BCUT2D eigenvalue weighted by Crippen LogP contribution is -2.39. The Morgan fingerprint density at radius 3 is 2.59 bits per heavy atom. The molecule has 1 saturated carbocycles. The maximum atomic E-state index is 12.8. The van der Waals surface area contributed by atoms with E-state index in [0.29, 0.717) is 17.9 Å². The van der Waals surface area contributed by atoms with Crippen LogP contribution in [0.3, 0.4) is 0 Å². The zero-order valence-corrected chi connectivity index (χ0v) is 9.34. The molecule has 5 heteroatoms. The summed E-state index contributed by atoms with van der Waals surface area (Å²) in [6, 6.07) is 5.28. The third-order valence-electron chi connectivity index (χ3n) is 3.32. The molecule has 0 saturated heterocycles. The molecule has 1 aliphatic carbocycles. The van der Waals surface area contributed by atoms with Gasteiger partial charge in [0.25, 0.3) is 0 Å². The Bertz CT molecular complexity index is 407. The molecule has 2 atom stereocenters. The quantitative estimate of drug-likeness (QED) is 0.613. The van der Waals surface area contributed by atoms with E-state index in [4.69, 9.17) is 5.73 Å². The minimum atomic E-state index is -0.824. The van der Waals surface area contributed by atoms with E-state index in [1.807, 2.05) is 0 Å². The van der Waals surface area contributed by atoms with Crippen LogP contribution in [0.1, 0.15) is 30.7 Å². The molecule has 0 aromatic heterocycles. The number of carbonyl (C=O) groups excluding carboxylic acids is 1. The van der Waals surface area contributed by atoms with E-state index in [1.54, 1.807) is 12.1 Å². The Balaban J connectivity index is 2.02. The number of primary amides is 1. The summed E-state index contributed by atoms with van der Waals surface area (Å²) in [6.07, 6.45) is 2.23. The third kappa shape index (κ3) is 2.55. The summed E-state index contributed by atoms with van der Waals surface area (Å²) in [7, 11) is 0. The van der Waals surface area contributed by atoms with E-state index in [0.717, 1.165) is 12.0 Å². The van der Waals surface area contributed by atoms with Crippen LogP contribution in [0.5, 0.6) is 0 Å². The number of urea groups is 1. The van der Waals surface area contributed by atoms with Crippen molar-refractivity contribution in [2.45, 2.75) is 31.2 Å². The lowest BCUT2D eigenvalue weighted by atomic mass is 9.97. The highest BCUT2D eigenvalue weighted by atomic mass is 19.1. The molecule has 2 rings (SSSR count). The number of nitrogens with two attached hydrogens (primary N) is 1. The first-order valence-corrected chi connectivity index (χ1v) is 5.61. The van der Waals surface area contributed by atoms with Crippen molar-refractivity contribution in [3.63, 3.8) is 0 Å². The zero-order chi connectivity index (χ0) is 12.4. The monoisotopic (exact) mass is 238 g/mol. The minimum Gasteiger partial charge on any atom is -0.350 e. The van der Waals surface area contributed by atoms with Gasteiger partial charge in [0, 0.05) is 0 Å². The van der Waals surface area contributed by atoms with Gasteiger partial charge in [-0.15, -0.1) is 0 Å². The number of amides is 2. The van der Waals surface area contributed by atoms with Crippen molar-refractivity contribution in [3.05, 3.63) is 35.6 Å². The number of halogens is 1. The van der Waals surface area contributed by atoms with Gasteiger partial charge in [0.2, 0.25) is 0 Å². The van der Waals surface area contributed by atoms with E-state index in [9.17, 15) is 14.4 Å². The fourth-order valence-corrected chi connectivity index (χ4v) is 2.40. The zero-order valence-electron chi connectivity index (χ0n) is 9.34. The molecule has 1 aliphatic rings.